The second kappa shape index (κ2) is 2.52. The van der Waals surface area contributed by atoms with Gasteiger partial charge in [0.1, 0.15) is 0 Å². The zero-order valence-electron chi connectivity index (χ0n) is 5.83. The molecule has 0 saturated heterocycles. The van der Waals surface area contributed by atoms with Crippen molar-refractivity contribution in [3.8, 4) is 0 Å². The number of aliphatic hydroxyl groups excluding tert-OH is 1. The largest absolute Gasteiger partial charge is 0.512 e. The Kier molecular flexibility index (Phi) is 1.71. The molecule has 2 heteroatoms. The lowest BCUT2D eigenvalue weighted by atomic mass is 10.3. The third-order valence-corrected chi connectivity index (χ3v) is 1.24. The van der Waals surface area contributed by atoms with E-state index in [1.54, 1.807) is 25.3 Å². The van der Waals surface area contributed by atoms with Gasteiger partial charge in [-0.05, 0) is 19.1 Å². The van der Waals surface area contributed by atoms with Crippen LogP contribution in [0.4, 0.5) is 0 Å². The molecule has 0 radical (unpaired) electrons. The first kappa shape index (κ1) is 6.81. The number of hydrogen-bond donors (Lipinski definition) is 1. The van der Waals surface area contributed by atoms with E-state index in [0.29, 0.717) is 5.35 Å². The van der Waals surface area contributed by atoms with Gasteiger partial charge < -0.3 is 5.11 Å². The summed E-state index contributed by atoms with van der Waals surface area (Å²) in [4.78, 5) is 3.91. The van der Waals surface area contributed by atoms with Crippen LogP contribution in [0.15, 0.2) is 18.3 Å². The van der Waals surface area contributed by atoms with E-state index in [1.165, 1.54) is 0 Å². The second-order valence-electron chi connectivity index (χ2n) is 2.12. The first-order chi connectivity index (χ1) is 4.70. The summed E-state index contributed by atoms with van der Waals surface area (Å²) in [6.07, 6.45) is 1.59. The van der Waals surface area contributed by atoms with E-state index in [1.807, 2.05) is 0 Å². The Balaban J connectivity index is 3.39. The van der Waals surface area contributed by atoms with Crippen molar-refractivity contribution in [2.45, 2.75) is 6.92 Å². The van der Waals surface area contributed by atoms with Gasteiger partial charge in [-0.25, -0.2) is 0 Å². The van der Waals surface area contributed by atoms with Crippen LogP contribution in [0, 0.1) is 0 Å². The van der Waals surface area contributed by atoms with Crippen molar-refractivity contribution in [3.05, 3.63) is 28.9 Å². The fourth-order valence-electron chi connectivity index (χ4n) is 0.639. The third kappa shape index (κ3) is 1.35. The number of hydrogen-bond acceptors (Lipinski definition) is 2. The summed E-state index contributed by atoms with van der Waals surface area (Å²) in [7, 11) is 0. The van der Waals surface area contributed by atoms with E-state index in [2.05, 4.69) is 11.6 Å². The SMILES string of the molecule is C=c1ccc(=C(C)O)cn1. The molecule has 1 aromatic heterocycles. The molecule has 0 saturated carbocycles. The molecule has 10 heavy (non-hydrogen) atoms. The molecule has 0 aliphatic carbocycles. The smallest absolute Gasteiger partial charge is 0.0979 e. The van der Waals surface area contributed by atoms with Gasteiger partial charge in [0, 0.05) is 11.4 Å². The van der Waals surface area contributed by atoms with Crippen molar-refractivity contribution in [2.75, 3.05) is 0 Å². The van der Waals surface area contributed by atoms with Crippen LogP contribution in [0.1, 0.15) is 6.92 Å². The van der Waals surface area contributed by atoms with Gasteiger partial charge in [0.05, 0.1) is 11.1 Å². The van der Waals surface area contributed by atoms with Crippen LogP contribution in [-0.2, 0) is 0 Å². The van der Waals surface area contributed by atoms with E-state index in [9.17, 15) is 0 Å². The molecule has 2 nitrogen and oxygen atoms in total. The molecule has 0 spiro atoms. The predicted molar refractivity (Wildman–Crippen MR) is 40.7 cm³/mol. The summed E-state index contributed by atoms with van der Waals surface area (Å²) < 4.78 is 0. The molecule has 52 valence electrons. The summed E-state index contributed by atoms with van der Waals surface area (Å²) in [5.41, 5.74) is 0. The monoisotopic (exact) mass is 135 g/mol. The number of aliphatic hydroxyl groups is 1. The highest BCUT2D eigenvalue weighted by molar-refractivity contribution is 5.29. The normalized spacial score (nSPS) is 12.9. The molecule has 0 atom stereocenters. The predicted octanol–water partition coefficient (Wildman–Crippen LogP) is 0.178. The molecule has 1 heterocycles. The average molecular weight is 135 g/mol. The molecule has 0 aromatic carbocycles. The second-order valence-corrected chi connectivity index (χ2v) is 2.12. The highest BCUT2D eigenvalue weighted by atomic mass is 16.3. The maximum atomic E-state index is 8.97. The zero-order valence-corrected chi connectivity index (χ0v) is 5.83. The van der Waals surface area contributed by atoms with Gasteiger partial charge in [-0.2, -0.15) is 0 Å². The van der Waals surface area contributed by atoms with Crippen LogP contribution in [-0.4, -0.2) is 10.1 Å². The Hall–Kier alpha value is -1.31. The minimum atomic E-state index is 0.285. The fourth-order valence-corrected chi connectivity index (χ4v) is 0.639. The van der Waals surface area contributed by atoms with Gasteiger partial charge in [0.15, 0.2) is 0 Å². The lowest BCUT2D eigenvalue weighted by molar-refractivity contribution is 0.498. The summed E-state index contributed by atoms with van der Waals surface area (Å²) in [5.74, 6) is 0.285. The number of aromatic nitrogens is 1. The third-order valence-electron chi connectivity index (χ3n) is 1.24. The summed E-state index contributed by atoms with van der Waals surface area (Å²) >= 11 is 0. The fraction of sp³-hybridized carbons (Fsp3) is 0.125. The Labute approximate surface area is 59.2 Å². The first-order valence-corrected chi connectivity index (χ1v) is 3.01. The number of nitrogens with zero attached hydrogens (tertiary/aromatic N) is 1. The minimum Gasteiger partial charge on any atom is -0.512 e. The zero-order chi connectivity index (χ0) is 7.56. The van der Waals surface area contributed by atoms with Crippen molar-refractivity contribution >= 4 is 12.3 Å². The highest BCUT2D eigenvalue weighted by Gasteiger charge is 1.82. The molecular weight excluding hydrogens is 126 g/mol. The Bertz CT molecular complexity index is 302. The maximum Gasteiger partial charge on any atom is 0.0979 e. The Morgan fingerprint density at radius 1 is 1.60 bits per heavy atom. The molecule has 1 N–H and O–H groups in total. The Morgan fingerprint density at radius 2 is 2.30 bits per heavy atom. The van der Waals surface area contributed by atoms with E-state index < -0.39 is 0 Å². The van der Waals surface area contributed by atoms with Crippen molar-refractivity contribution in [2.24, 2.45) is 0 Å². The molecule has 0 aliphatic rings. The summed E-state index contributed by atoms with van der Waals surface area (Å²) in [6.45, 7) is 5.24. The lowest BCUT2D eigenvalue weighted by Gasteiger charge is -1.87. The quantitative estimate of drug-likeness (QED) is 0.550. The van der Waals surface area contributed by atoms with Gasteiger partial charge in [0.25, 0.3) is 0 Å². The molecule has 0 bridgehead atoms. The topological polar surface area (TPSA) is 33.1 Å². The van der Waals surface area contributed by atoms with E-state index >= 15 is 0 Å². The molecule has 0 unspecified atom stereocenters. The van der Waals surface area contributed by atoms with Gasteiger partial charge in [-0.3, -0.25) is 4.98 Å². The van der Waals surface area contributed by atoms with Crippen molar-refractivity contribution in [1.82, 2.24) is 4.98 Å². The van der Waals surface area contributed by atoms with Crippen molar-refractivity contribution < 1.29 is 5.11 Å². The number of pyridine rings is 1. The van der Waals surface area contributed by atoms with Crippen LogP contribution in [0.5, 0.6) is 0 Å². The lowest BCUT2D eigenvalue weighted by Crippen LogP contribution is -2.12. The van der Waals surface area contributed by atoms with E-state index in [4.69, 9.17) is 5.11 Å². The Morgan fingerprint density at radius 3 is 2.70 bits per heavy atom. The minimum absolute atomic E-state index is 0.285. The van der Waals surface area contributed by atoms with Gasteiger partial charge >= 0.3 is 0 Å². The molecule has 1 aromatic rings. The van der Waals surface area contributed by atoms with Crippen LogP contribution in [0.25, 0.3) is 12.3 Å². The van der Waals surface area contributed by atoms with Crippen LogP contribution < -0.4 is 10.6 Å². The van der Waals surface area contributed by atoms with Gasteiger partial charge in [-0.15, -0.1) is 0 Å². The molecule has 0 amide bonds. The summed E-state index contributed by atoms with van der Waals surface area (Å²) in [5, 5.41) is 10.4. The molecule has 0 fully saturated rings. The van der Waals surface area contributed by atoms with Crippen molar-refractivity contribution in [1.29, 1.82) is 0 Å². The highest BCUT2D eigenvalue weighted by Crippen LogP contribution is 1.76. The number of rotatable bonds is 0. The van der Waals surface area contributed by atoms with Crippen LogP contribution in [0.3, 0.4) is 0 Å². The maximum absolute atomic E-state index is 8.97. The molecule has 1 rings (SSSR count). The standard InChI is InChI=1S/C8H9NO/c1-6-3-4-8(5-9-6)7(2)10/h3-5,10H,1H2,2H3. The van der Waals surface area contributed by atoms with Crippen LogP contribution in [0.2, 0.25) is 0 Å². The molecular formula is C8H9NO. The molecule has 0 aliphatic heterocycles. The van der Waals surface area contributed by atoms with Gasteiger partial charge in [0.2, 0.25) is 0 Å². The summed E-state index contributed by atoms with van der Waals surface area (Å²) in [6, 6.07) is 3.54. The average Bonchev–Trinajstić information content (AvgIpc) is 1.88. The first-order valence-electron chi connectivity index (χ1n) is 3.01. The van der Waals surface area contributed by atoms with Crippen LogP contribution >= 0.6 is 0 Å². The van der Waals surface area contributed by atoms with Crippen molar-refractivity contribution in [3.63, 3.8) is 0 Å². The van der Waals surface area contributed by atoms with E-state index in [0.717, 1.165) is 5.22 Å². The van der Waals surface area contributed by atoms with Gasteiger partial charge in [-0.1, -0.05) is 6.58 Å². The van der Waals surface area contributed by atoms with E-state index in [-0.39, 0.29) is 5.76 Å².